The topological polar surface area (TPSA) is 69.6 Å². The molecule has 1 aromatic heterocycles. The molecule has 0 saturated carbocycles. The summed E-state index contributed by atoms with van der Waals surface area (Å²) in [5.74, 6) is -0.841. The number of nitrogens with zero attached hydrogens (tertiary/aromatic N) is 1. The summed E-state index contributed by atoms with van der Waals surface area (Å²) in [6.45, 7) is 6.46. The second kappa shape index (κ2) is 6.05. The number of carbonyl (C=O) groups is 2. The van der Waals surface area contributed by atoms with Gasteiger partial charge < -0.3 is 15.3 Å². The standard InChI is InChI=1S/C15H22N2O3S/c1-10-11-6-9-21-12(11)5-8-17(10)14(20)16-15(2,3)7-4-13(18)19/h6,9-10H,4-5,7-8H2,1-3H3,(H,16,20)(H,18,19). The van der Waals surface area contributed by atoms with Gasteiger partial charge in [-0.05, 0) is 50.6 Å². The molecule has 0 bridgehead atoms. The van der Waals surface area contributed by atoms with Gasteiger partial charge in [-0.1, -0.05) is 0 Å². The van der Waals surface area contributed by atoms with Gasteiger partial charge in [0.15, 0.2) is 0 Å². The van der Waals surface area contributed by atoms with Gasteiger partial charge in [-0.2, -0.15) is 0 Å². The van der Waals surface area contributed by atoms with E-state index in [2.05, 4.69) is 16.8 Å². The van der Waals surface area contributed by atoms with Crippen molar-refractivity contribution >= 4 is 23.3 Å². The predicted octanol–water partition coefficient (Wildman–Crippen LogP) is 3.02. The zero-order valence-electron chi connectivity index (χ0n) is 12.7. The Morgan fingerprint density at radius 2 is 2.24 bits per heavy atom. The van der Waals surface area contributed by atoms with Crippen LogP contribution in [0.3, 0.4) is 0 Å². The van der Waals surface area contributed by atoms with Crippen molar-refractivity contribution in [2.45, 2.75) is 51.6 Å². The van der Waals surface area contributed by atoms with Crippen LogP contribution in [0.5, 0.6) is 0 Å². The molecular weight excluding hydrogens is 288 g/mol. The number of carbonyl (C=O) groups excluding carboxylic acids is 1. The highest BCUT2D eigenvalue weighted by molar-refractivity contribution is 7.10. The highest BCUT2D eigenvalue weighted by Gasteiger charge is 2.31. The molecule has 116 valence electrons. The molecule has 0 fully saturated rings. The quantitative estimate of drug-likeness (QED) is 0.898. The Kier molecular flexibility index (Phi) is 4.56. The average molecular weight is 310 g/mol. The van der Waals surface area contributed by atoms with Gasteiger partial charge in [0.05, 0.1) is 6.04 Å². The summed E-state index contributed by atoms with van der Waals surface area (Å²) in [5.41, 5.74) is 0.703. The Balaban J connectivity index is 1.99. The minimum absolute atomic E-state index is 0.0531. The van der Waals surface area contributed by atoms with Gasteiger partial charge in [0.25, 0.3) is 0 Å². The molecule has 5 nitrogen and oxygen atoms in total. The normalized spacial score (nSPS) is 18.2. The van der Waals surface area contributed by atoms with E-state index >= 15 is 0 Å². The van der Waals surface area contributed by atoms with Crippen molar-refractivity contribution in [1.29, 1.82) is 0 Å². The average Bonchev–Trinajstić information content (AvgIpc) is 2.85. The van der Waals surface area contributed by atoms with Gasteiger partial charge in [0.1, 0.15) is 0 Å². The first-order valence-corrected chi connectivity index (χ1v) is 8.05. The molecule has 0 spiro atoms. The lowest BCUT2D eigenvalue weighted by Gasteiger charge is -2.36. The number of thiophene rings is 1. The Bertz CT molecular complexity index is 539. The molecule has 2 amide bonds. The van der Waals surface area contributed by atoms with Crippen molar-refractivity contribution in [3.63, 3.8) is 0 Å². The number of fused-ring (bicyclic) bond motifs is 1. The molecule has 2 rings (SSSR count). The second-order valence-corrected chi connectivity index (χ2v) is 7.13. The van der Waals surface area contributed by atoms with E-state index in [1.807, 2.05) is 25.7 Å². The summed E-state index contributed by atoms with van der Waals surface area (Å²) in [6.07, 6.45) is 1.36. The molecule has 0 aliphatic carbocycles. The molecule has 1 aliphatic rings. The fraction of sp³-hybridized carbons (Fsp3) is 0.600. The number of hydrogen-bond acceptors (Lipinski definition) is 3. The van der Waals surface area contributed by atoms with E-state index in [9.17, 15) is 9.59 Å². The third-order valence-electron chi connectivity index (χ3n) is 3.95. The van der Waals surface area contributed by atoms with E-state index in [1.165, 1.54) is 10.4 Å². The molecule has 21 heavy (non-hydrogen) atoms. The van der Waals surface area contributed by atoms with E-state index in [-0.39, 0.29) is 18.5 Å². The summed E-state index contributed by atoms with van der Waals surface area (Å²) in [5, 5.41) is 13.8. The lowest BCUT2D eigenvalue weighted by molar-refractivity contribution is -0.137. The Hall–Kier alpha value is -1.56. The molecule has 6 heteroatoms. The van der Waals surface area contributed by atoms with Crippen LogP contribution in [0.25, 0.3) is 0 Å². The minimum Gasteiger partial charge on any atom is -0.481 e. The highest BCUT2D eigenvalue weighted by atomic mass is 32.1. The van der Waals surface area contributed by atoms with E-state index in [1.54, 1.807) is 11.3 Å². The van der Waals surface area contributed by atoms with Gasteiger partial charge in [0, 0.05) is 23.4 Å². The first kappa shape index (κ1) is 15.8. The number of rotatable bonds is 4. The fourth-order valence-corrected chi connectivity index (χ4v) is 3.59. The Morgan fingerprint density at radius 3 is 2.90 bits per heavy atom. The van der Waals surface area contributed by atoms with E-state index in [4.69, 9.17) is 5.11 Å². The van der Waals surface area contributed by atoms with Crippen LogP contribution in [0.4, 0.5) is 4.79 Å². The SMILES string of the molecule is CC1c2ccsc2CCN1C(=O)NC(C)(C)CCC(=O)O. The van der Waals surface area contributed by atoms with Crippen molar-refractivity contribution in [3.05, 3.63) is 21.9 Å². The van der Waals surface area contributed by atoms with E-state index < -0.39 is 11.5 Å². The summed E-state index contributed by atoms with van der Waals surface area (Å²) >= 11 is 1.74. The molecule has 1 unspecified atom stereocenters. The highest BCUT2D eigenvalue weighted by Crippen LogP contribution is 2.33. The van der Waals surface area contributed by atoms with Crippen LogP contribution in [0.2, 0.25) is 0 Å². The van der Waals surface area contributed by atoms with Gasteiger partial charge in [-0.15, -0.1) is 11.3 Å². The largest absolute Gasteiger partial charge is 0.481 e. The maximum absolute atomic E-state index is 12.5. The van der Waals surface area contributed by atoms with E-state index in [0.717, 1.165) is 6.42 Å². The maximum atomic E-state index is 12.5. The molecule has 0 radical (unpaired) electrons. The van der Waals surface area contributed by atoms with Gasteiger partial charge in [-0.25, -0.2) is 4.79 Å². The Morgan fingerprint density at radius 1 is 1.52 bits per heavy atom. The third kappa shape index (κ3) is 3.75. The Labute approximate surface area is 129 Å². The van der Waals surface area contributed by atoms with Crippen molar-refractivity contribution < 1.29 is 14.7 Å². The first-order valence-electron chi connectivity index (χ1n) is 7.17. The zero-order valence-corrected chi connectivity index (χ0v) is 13.5. The van der Waals surface area contributed by atoms with Crippen molar-refractivity contribution in [1.82, 2.24) is 10.2 Å². The number of aliphatic carboxylic acids is 1. The number of urea groups is 1. The van der Waals surface area contributed by atoms with Crippen LogP contribution in [0.1, 0.15) is 50.1 Å². The molecule has 1 aliphatic heterocycles. The van der Waals surface area contributed by atoms with E-state index in [0.29, 0.717) is 13.0 Å². The number of amides is 2. The molecule has 1 atom stereocenters. The summed E-state index contributed by atoms with van der Waals surface area (Å²) in [4.78, 5) is 26.3. The van der Waals surface area contributed by atoms with Gasteiger partial charge in [0.2, 0.25) is 0 Å². The predicted molar refractivity (Wildman–Crippen MR) is 82.6 cm³/mol. The molecule has 0 saturated heterocycles. The summed E-state index contributed by atoms with van der Waals surface area (Å²) < 4.78 is 0. The van der Waals surface area contributed by atoms with Crippen molar-refractivity contribution in [2.24, 2.45) is 0 Å². The van der Waals surface area contributed by atoms with Crippen molar-refractivity contribution in [3.8, 4) is 0 Å². The maximum Gasteiger partial charge on any atom is 0.318 e. The van der Waals surface area contributed by atoms with Crippen LogP contribution in [0, 0.1) is 0 Å². The van der Waals surface area contributed by atoms with Crippen molar-refractivity contribution in [2.75, 3.05) is 6.54 Å². The second-order valence-electron chi connectivity index (χ2n) is 6.13. The lowest BCUT2D eigenvalue weighted by atomic mass is 9.98. The first-order chi connectivity index (χ1) is 9.80. The number of carboxylic acid groups (broad SMARTS) is 1. The number of nitrogens with one attached hydrogen (secondary N) is 1. The third-order valence-corrected chi connectivity index (χ3v) is 4.94. The molecule has 2 N–H and O–H groups in total. The molecule has 1 aromatic rings. The van der Waals surface area contributed by atoms with Crippen LogP contribution < -0.4 is 5.32 Å². The van der Waals surface area contributed by atoms with Crippen LogP contribution in [-0.4, -0.2) is 34.1 Å². The number of hydrogen-bond donors (Lipinski definition) is 2. The van der Waals surface area contributed by atoms with Gasteiger partial charge in [-0.3, -0.25) is 4.79 Å². The monoisotopic (exact) mass is 310 g/mol. The van der Waals surface area contributed by atoms with Crippen LogP contribution >= 0.6 is 11.3 Å². The molecule has 0 aromatic carbocycles. The number of carboxylic acids is 1. The zero-order chi connectivity index (χ0) is 15.6. The minimum atomic E-state index is -0.841. The molecule has 2 heterocycles. The smallest absolute Gasteiger partial charge is 0.318 e. The summed E-state index contributed by atoms with van der Waals surface area (Å²) in [7, 11) is 0. The fourth-order valence-electron chi connectivity index (χ4n) is 2.63. The van der Waals surface area contributed by atoms with Gasteiger partial charge >= 0.3 is 12.0 Å². The lowest BCUT2D eigenvalue weighted by Crippen LogP contribution is -2.52. The van der Waals surface area contributed by atoms with Crippen LogP contribution in [0.15, 0.2) is 11.4 Å². The summed E-state index contributed by atoms with van der Waals surface area (Å²) in [6, 6.07) is 2.03. The molecular formula is C15H22N2O3S. The van der Waals surface area contributed by atoms with Crippen LogP contribution in [-0.2, 0) is 11.2 Å².